The van der Waals surface area contributed by atoms with Gasteiger partial charge in [-0.15, -0.1) is 11.3 Å². The van der Waals surface area contributed by atoms with Gasteiger partial charge in [0.2, 0.25) is 0 Å². The van der Waals surface area contributed by atoms with Crippen molar-refractivity contribution < 1.29 is 18.0 Å². The number of fused-ring (bicyclic) bond motifs is 1. The van der Waals surface area contributed by atoms with E-state index >= 15 is 0 Å². The second-order valence-electron chi connectivity index (χ2n) is 5.27. The Balaban J connectivity index is 1.89. The van der Waals surface area contributed by atoms with Gasteiger partial charge in [-0.2, -0.15) is 13.2 Å². The lowest BCUT2D eigenvalue weighted by molar-refractivity contribution is -0.138. The summed E-state index contributed by atoms with van der Waals surface area (Å²) in [5.74, 6) is -0.757. The first-order chi connectivity index (χ1) is 11.8. The minimum Gasteiger partial charge on any atom is -0.348 e. The molecule has 0 bridgehead atoms. The van der Waals surface area contributed by atoms with Crippen molar-refractivity contribution in [3.8, 4) is 0 Å². The maximum Gasteiger partial charge on any atom is 0.416 e. The van der Waals surface area contributed by atoms with E-state index < -0.39 is 23.2 Å². The van der Waals surface area contributed by atoms with Crippen molar-refractivity contribution in [1.82, 2.24) is 14.7 Å². The molecule has 130 valence electrons. The Morgan fingerprint density at radius 3 is 2.76 bits per heavy atom. The van der Waals surface area contributed by atoms with Crippen LogP contribution in [0.5, 0.6) is 0 Å². The molecule has 1 aromatic carbocycles. The Morgan fingerprint density at radius 1 is 1.32 bits per heavy atom. The molecule has 9 heteroatoms. The summed E-state index contributed by atoms with van der Waals surface area (Å²) in [6, 6.07) is 4.96. The Kier molecular flexibility index (Phi) is 4.34. The highest BCUT2D eigenvalue weighted by Gasteiger charge is 2.33. The minimum absolute atomic E-state index is 0.0781. The summed E-state index contributed by atoms with van der Waals surface area (Å²) >= 11 is 1.25. The van der Waals surface area contributed by atoms with Gasteiger partial charge < -0.3 is 5.32 Å². The molecule has 0 aliphatic heterocycles. The number of nitrogens with zero attached hydrogens (tertiary/aromatic N) is 2. The second-order valence-corrected chi connectivity index (χ2v) is 6.14. The molecule has 0 spiro atoms. The molecule has 3 aromatic rings. The number of hydrogen-bond acceptors (Lipinski definition) is 4. The number of carbonyl (C=O) groups excluding carboxylic acids is 1. The van der Waals surface area contributed by atoms with E-state index in [0.717, 1.165) is 6.07 Å². The maximum atomic E-state index is 13.0. The summed E-state index contributed by atoms with van der Waals surface area (Å²) in [4.78, 5) is 29.3. The summed E-state index contributed by atoms with van der Waals surface area (Å²) in [5, 5.41) is 4.03. The lowest BCUT2D eigenvalue weighted by Crippen LogP contribution is -2.32. The van der Waals surface area contributed by atoms with Gasteiger partial charge in [0.1, 0.15) is 5.56 Å². The lowest BCUT2D eigenvalue weighted by Gasteiger charge is -2.13. The number of carbonyl (C=O) groups is 1. The average Bonchev–Trinajstić information content (AvgIpc) is 3.01. The highest BCUT2D eigenvalue weighted by molar-refractivity contribution is 7.15. The van der Waals surface area contributed by atoms with Gasteiger partial charge in [0.25, 0.3) is 11.5 Å². The fourth-order valence-corrected chi connectivity index (χ4v) is 3.21. The standard InChI is InChI=1S/C16H12F3N3O2S/c1-9-12(14(24)22-6-7-25-15(22)21-9)13(23)20-8-10-4-2-3-5-11(10)16(17,18)19/h2-7H,8H2,1H3,(H,20,23). The predicted octanol–water partition coefficient (Wildman–Crippen LogP) is 3.01. The summed E-state index contributed by atoms with van der Waals surface area (Å²) in [7, 11) is 0. The van der Waals surface area contributed by atoms with Crippen LogP contribution in [0.15, 0.2) is 40.6 Å². The minimum atomic E-state index is -4.52. The van der Waals surface area contributed by atoms with Gasteiger partial charge in [-0.3, -0.25) is 14.0 Å². The van der Waals surface area contributed by atoms with Crippen LogP contribution in [0.2, 0.25) is 0 Å². The molecule has 1 amide bonds. The summed E-state index contributed by atoms with van der Waals surface area (Å²) in [5.41, 5.74) is -1.40. The molecular weight excluding hydrogens is 355 g/mol. The topological polar surface area (TPSA) is 63.5 Å². The van der Waals surface area contributed by atoms with Crippen LogP contribution in [0.25, 0.3) is 4.96 Å². The largest absolute Gasteiger partial charge is 0.416 e. The van der Waals surface area contributed by atoms with Gasteiger partial charge in [-0.05, 0) is 18.6 Å². The molecule has 1 N–H and O–H groups in total. The smallest absolute Gasteiger partial charge is 0.348 e. The zero-order valence-corrected chi connectivity index (χ0v) is 13.7. The molecule has 5 nitrogen and oxygen atoms in total. The van der Waals surface area contributed by atoms with Gasteiger partial charge in [0.05, 0.1) is 11.3 Å². The number of rotatable bonds is 3. The van der Waals surface area contributed by atoms with Crippen molar-refractivity contribution in [1.29, 1.82) is 0 Å². The third-order valence-corrected chi connectivity index (χ3v) is 4.39. The molecule has 0 saturated carbocycles. The van der Waals surface area contributed by atoms with E-state index in [4.69, 9.17) is 0 Å². The first kappa shape index (κ1) is 17.2. The molecule has 0 unspecified atom stereocenters. The number of aryl methyl sites for hydroxylation is 1. The van der Waals surface area contributed by atoms with Crippen molar-refractivity contribution in [2.45, 2.75) is 19.6 Å². The normalized spacial score (nSPS) is 11.7. The zero-order valence-electron chi connectivity index (χ0n) is 12.9. The number of nitrogens with one attached hydrogen (secondary N) is 1. The molecule has 0 radical (unpaired) electrons. The van der Waals surface area contributed by atoms with Crippen LogP contribution in [0.4, 0.5) is 13.2 Å². The fourth-order valence-electron chi connectivity index (χ4n) is 2.46. The molecule has 3 rings (SSSR count). The van der Waals surface area contributed by atoms with E-state index in [9.17, 15) is 22.8 Å². The van der Waals surface area contributed by atoms with E-state index in [-0.39, 0.29) is 23.4 Å². The molecule has 2 heterocycles. The molecule has 25 heavy (non-hydrogen) atoms. The van der Waals surface area contributed by atoms with Gasteiger partial charge in [-0.25, -0.2) is 4.98 Å². The number of aromatic nitrogens is 2. The molecule has 0 fully saturated rings. The van der Waals surface area contributed by atoms with E-state index in [1.807, 2.05) is 0 Å². The van der Waals surface area contributed by atoms with Gasteiger partial charge in [0, 0.05) is 18.1 Å². The summed E-state index contributed by atoms with van der Waals surface area (Å²) in [6.07, 6.45) is -3.03. The number of halogens is 3. The highest BCUT2D eigenvalue weighted by atomic mass is 32.1. The number of thiazole rings is 1. The number of hydrogen-bond donors (Lipinski definition) is 1. The number of amides is 1. The number of benzene rings is 1. The fraction of sp³-hybridized carbons (Fsp3) is 0.188. The van der Waals surface area contributed by atoms with Crippen molar-refractivity contribution in [3.63, 3.8) is 0 Å². The van der Waals surface area contributed by atoms with E-state index in [2.05, 4.69) is 10.3 Å². The van der Waals surface area contributed by atoms with E-state index in [1.54, 1.807) is 5.38 Å². The first-order valence-electron chi connectivity index (χ1n) is 7.19. The summed E-state index contributed by atoms with van der Waals surface area (Å²) < 4.78 is 40.2. The van der Waals surface area contributed by atoms with Crippen molar-refractivity contribution in [3.05, 3.63) is 68.6 Å². The van der Waals surface area contributed by atoms with Crippen LogP contribution in [-0.2, 0) is 12.7 Å². The molecule has 0 atom stereocenters. The SMILES string of the molecule is Cc1nc2sccn2c(=O)c1C(=O)NCc1ccccc1C(F)(F)F. The third kappa shape index (κ3) is 3.27. The average molecular weight is 367 g/mol. The molecule has 0 aliphatic rings. The Bertz CT molecular complexity index is 1010. The lowest BCUT2D eigenvalue weighted by atomic mass is 10.1. The van der Waals surface area contributed by atoms with Gasteiger partial charge in [-0.1, -0.05) is 18.2 Å². The molecule has 2 aromatic heterocycles. The predicted molar refractivity (Wildman–Crippen MR) is 86.7 cm³/mol. The highest BCUT2D eigenvalue weighted by Crippen LogP contribution is 2.31. The van der Waals surface area contributed by atoms with Crippen molar-refractivity contribution in [2.75, 3.05) is 0 Å². The first-order valence-corrected chi connectivity index (χ1v) is 8.07. The monoisotopic (exact) mass is 367 g/mol. The van der Waals surface area contributed by atoms with Crippen LogP contribution in [-0.4, -0.2) is 15.3 Å². The van der Waals surface area contributed by atoms with Gasteiger partial charge in [0.15, 0.2) is 4.96 Å². The second kappa shape index (κ2) is 6.32. The summed E-state index contributed by atoms with van der Waals surface area (Å²) in [6.45, 7) is 1.17. The quantitative estimate of drug-likeness (QED) is 0.774. The van der Waals surface area contributed by atoms with E-state index in [1.165, 1.54) is 47.1 Å². The molecular formula is C16H12F3N3O2S. The number of alkyl halides is 3. The Labute approximate surface area is 143 Å². The Morgan fingerprint density at radius 2 is 2.04 bits per heavy atom. The van der Waals surface area contributed by atoms with Crippen LogP contribution in [0.3, 0.4) is 0 Å². The Hall–Kier alpha value is -2.68. The van der Waals surface area contributed by atoms with E-state index in [0.29, 0.717) is 4.96 Å². The van der Waals surface area contributed by atoms with Crippen LogP contribution >= 0.6 is 11.3 Å². The van der Waals surface area contributed by atoms with Crippen LogP contribution < -0.4 is 10.9 Å². The van der Waals surface area contributed by atoms with Crippen LogP contribution in [0, 0.1) is 6.92 Å². The van der Waals surface area contributed by atoms with Gasteiger partial charge >= 0.3 is 6.18 Å². The van der Waals surface area contributed by atoms with Crippen molar-refractivity contribution >= 4 is 22.2 Å². The molecule has 0 aliphatic carbocycles. The van der Waals surface area contributed by atoms with Crippen LogP contribution in [0.1, 0.15) is 27.2 Å². The zero-order chi connectivity index (χ0) is 18.2. The maximum absolute atomic E-state index is 13.0. The third-order valence-electron chi connectivity index (χ3n) is 3.64. The van der Waals surface area contributed by atoms with Crippen molar-refractivity contribution in [2.24, 2.45) is 0 Å². The molecule has 0 saturated heterocycles.